The Balaban J connectivity index is 3.85. The van der Waals surface area contributed by atoms with Gasteiger partial charge in [0.15, 0.2) is 0 Å². The smallest absolute Gasteiger partial charge is 0.0593 e. The molecule has 1 atom stereocenters. The van der Waals surface area contributed by atoms with Crippen LogP contribution in [0.4, 0.5) is 0 Å². The van der Waals surface area contributed by atoms with Gasteiger partial charge >= 0.3 is 0 Å². The van der Waals surface area contributed by atoms with E-state index < -0.39 is 0 Å². The van der Waals surface area contributed by atoms with E-state index in [0.29, 0.717) is 5.92 Å². The normalized spacial score (nSPS) is 13.2. The van der Waals surface area contributed by atoms with Gasteiger partial charge in [-0.2, -0.15) is 0 Å². The number of ether oxygens (including phenoxy) is 2. The van der Waals surface area contributed by atoms with Crippen LogP contribution < -0.4 is 5.32 Å². The Morgan fingerprint density at radius 3 is 2.00 bits per heavy atom. The molecule has 4 nitrogen and oxygen atoms in total. The van der Waals surface area contributed by atoms with Gasteiger partial charge in [-0.1, -0.05) is 13.8 Å². The average molecular weight is 260 g/mol. The Morgan fingerprint density at radius 2 is 1.56 bits per heavy atom. The van der Waals surface area contributed by atoms with Crippen LogP contribution in [0.2, 0.25) is 0 Å². The molecule has 0 heterocycles. The minimum absolute atomic E-state index is 0.660. The number of nitrogens with one attached hydrogen (secondary N) is 1. The SMILES string of the molecule is CCNCC(C)CN(CCOCC)CCOCC. The lowest BCUT2D eigenvalue weighted by atomic mass is 10.1. The van der Waals surface area contributed by atoms with E-state index in [2.05, 4.69) is 24.1 Å². The van der Waals surface area contributed by atoms with Crippen LogP contribution in [0.3, 0.4) is 0 Å². The summed E-state index contributed by atoms with van der Waals surface area (Å²) in [6.45, 7) is 17.0. The molecule has 0 aromatic rings. The zero-order valence-electron chi connectivity index (χ0n) is 12.7. The van der Waals surface area contributed by atoms with Crippen LogP contribution in [0.1, 0.15) is 27.7 Å². The zero-order valence-corrected chi connectivity index (χ0v) is 12.7. The molecule has 0 spiro atoms. The Kier molecular flexibility index (Phi) is 13.2. The van der Waals surface area contributed by atoms with Crippen LogP contribution in [0, 0.1) is 5.92 Å². The second kappa shape index (κ2) is 13.3. The molecule has 0 amide bonds. The van der Waals surface area contributed by atoms with Gasteiger partial charge in [0.2, 0.25) is 0 Å². The fourth-order valence-corrected chi connectivity index (χ4v) is 1.87. The number of rotatable bonds is 13. The van der Waals surface area contributed by atoms with E-state index in [0.717, 1.165) is 59.2 Å². The van der Waals surface area contributed by atoms with Crippen molar-refractivity contribution in [1.29, 1.82) is 0 Å². The summed E-state index contributed by atoms with van der Waals surface area (Å²) in [5, 5.41) is 3.40. The molecule has 0 rings (SSSR count). The molecule has 0 aliphatic carbocycles. The molecule has 18 heavy (non-hydrogen) atoms. The first kappa shape index (κ1) is 17.8. The molecule has 0 aliphatic rings. The standard InChI is InChI=1S/C14H32N2O2/c1-5-15-12-14(4)13-16(8-10-17-6-2)9-11-18-7-3/h14-15H,5-13H2,1-4H3. The minimum Gasteiger partial charge on any atom is -0.380 e. The molecular formula is C14H32N2O2. The van der Waals surface area contributed by atoms with Crippen LogP contribution in [0.15, 0.2) is 0 Å². The quantitative estimate of drug-likeness (QED) is 0.510. The van der Waals surface area contributed by atoms with Gasteiger partial charge in [-0.25, -0.2) is 0 Å². The Morgan fingerprint density at radius 1 is 1.00 bits per heavy atom. The monoisotopic (exact) mass is 260 g/mol. The van der Waals surface area contributed by atoms with E-state index in [1.807, 2.05) is 13.8 Å². The van der Waals surface area contributed by atoms with E-state index in [9.17, 15) is 0 Å². The van der Waals surface area contributed by atoms with Gasteiger partial charge in [0, 0.05) is 32.8 Å². The van der Waals surface area contributed by atoms with Crippen molar-refractivity contribution in [2.24, 2.45) is 5.92 Å². The predicted octanol–water partition coefficient (Wildman–Crippen LogP) is 1.61. The van der Waals surface area contributed by atoms with Gasteiger partial charge in [0.25, 0.3) is 0 Å². The number of hydrogen-bond acceptors (Lipinski definition) is 4. The van der Waals surface area contributed by atoms with Crippen molar-refractivity contribution in [2.45, 2.75) is 27.7 Å². The third-order valence-corrected chi connectivity index (χ3v) is 2.82. The molecule has 110 valence electrons. The molecule has 1 N–H and O–H groups in total. The summed E-state index contributed by atoms with van der Waals surface area (Å²) in [6, 6.07) is 0. The van der Waals surface area contributed by atoms with Crippen molar-refractivity contribution in [3.63, 3.8) is 0 Å². The third-order valence-electron chi connectivity index (χ3n) is 2.82. The lowest BCUT2D eigenvalue weighted by Gasteiger charge is -2.25. The predicted molar refractivity (Wildman–Crippen MR) is 77.1 cm³/mol. The van der Waals surface area contributed by atoms with E-state index >= 15 is 0 Å². The highest BCUT2D eigenvalue weighted by Gasteiger charge is 2.09. The van der Waals surface area contributed by atoms with E-state index in [4.69, 9.17) is 9.47 Å². The molecular weight excluding hydrogens is 228 g/mol. The molecule has 0 fully saturated rings. The highest BCUT2D eigenvalue weighted by atomic mass is 16.5. The van der Waals surface area contributed by atoms with Crippen molar-refractivity contribution >= 4 is 0 Å². The lowest BCUT2D eigenvalue weighted by Crippen LogP contribution is -2.37. The van der Waals surface area contributed by atoms with Crippen LogP contribution in [0.5, 0.6) is 0 Å². The van der Waals surface area contributed by atoms with Gasteiger partial charge in [-0.3, -0.25) is 4.90 Å². The Labute approximate surface area is 113 Å². The van der Waals surface area contributed by atoms with Crippen molar-refractivity contribution in [3.8, 4) is 0 Å². The lowest BCUT2D eigenvalue weighted by molar-refractivity contribution is 0.0768. The van der Waals surface area contributed by atoms with Gasteiger partial charge in [0.05, 0.1) is 13.2 Å². The van der Waals surface area contributed by atoms with Gasteiger partial charge in [-0.05, 0) is 32.9 Å². The van der Waals surface area contributed by atoms with Crippen molar-refractivity contribution in [2.75, 3.05) is 59.2 Å². The molecule has 0 saturated heterocycles. The largest absolute Gasteiger partial charge is 0.380 e. The molecule has 0 aromatic carbocycles. The molecule has 0 bridgehead atoms. The maximum Gasteiger partial charge on any atom is 0.0593 e. The van der Waals surface area contributed by atoms with Crippen molar-refractivity contribution < 1.29 is 9.47 Å². The first-order chi connectivity index (χ1) is 8.74. The summed E-state index contributed by atoms with van der Waals surface area (Å²) in [4.78, 5) is 2.44. The second-order valence-electron chi connectivity index (χ2n) is 4.61. The van der Waals surface area contributed by atoms with E-state index in [1.54, 1.807) is 0 Å². The first-order valence-corrected chi connectivity index (χ1v) is 7.33. The molecule has 0 aromatic heterocycles. The summed E-state index contributed by atoms with van der Waals surface area (Å²) < 4.78 is 10.9. The summed E-state index contributed by atoms with van der Waals surface area (Å²) >= 11 is 0. The highest BCUT2D eigenvalue weighted by Crippen LogP contribution is 1.99. The fourth-order valence-electron chi connectivity index (χ4n) is 1.87. The highest BCUT2D eigenvalue weighted by molar-refractivity contribution is 4.64. The minimum atomic E-state index is 0.660. The molecule has 0 radical (unpaired) electrons. The van der Waals surface area contributed by atoms with Crippen LogP contribution in [0.25, 0.3) is 0 Å². The van der Waals surface area contributed by atoms with Crippen molar-refractivity contribution in [3.05, 3.63) is 0 Å². The fraction of sp³-hybridized carbons (Fsp3) is 1.00. The second-order valence-corrected chi connectivity index (χ2v) is 4.61. The van der Waals surface area contributed by atoms with Gasteiger partial charge < -0.3 is 14.8 Å². The maximum absolute atomic E-state index is 5.43. The summed E-state index contributed by atoms with van der Waals surface area (Å²) in [5.41, 5.74) is 0. The first-order valence-electron chi connectivity index (χ1n) is 7.33. The van der Waals surface area contributed by atoms with Crippen LogP contribution in [-0.2, 0) is 9.47 Å². The topological polar surface area (TPSA) is 33.7 Å². The Hall–Kier alpha value is -0.160. The summed E-state index contributed by atoms with van der Waals surface area (Å²) in [7, 11) is 0. The average Bonchev–Trinajstić information content (AvgIpc) is 2.36. The maximum atomic E-state index is 5.43. The molecule has 0 aliphatic heterocycles. The number of nitrogens with zero attached hydrogens (tertiary/aromatic N) is 1. The van der Waals surface area contributed by atoms with Crippen LogP contribution >= 0.6 is 0 Å². The van der Waals surface area contributed by atoms with Crippen LogP contribution in [-0.4, -0.2) is 64.1 Å². The van der Waals surface area contributed by atoms with Gasteiger partial charge in [0.1, 0.15) is 0 Å². The van der Waals surface area contributed by atoms with Crippen molar-refractivity contribution in [1.82, 2.24) is 10.2 Å². The summed E-state index contributed by atoms with van der Waals surface area (Å²) in [6.07, 6.45) is 0. The number of hydrogen-bond donors (Lipinski definition) is 1. The summed E-state index contributed by atoms with van der Waals surface area (Å²) in [5.74, 6) is 0.660. The van der Waals surface area contributed by atoms with E-state index in [1.165, 1.54) is 0 Å². The van der Waals surface area contributed by atoms with E-state index in [-0.39, 0.29) is 0 Å². The molecule has 0 saturated carbocycles. The Bertz CT molecular complexity index is 158. The third kappa shape index (κ3) is 11.0. The van der Waals surface area contributed by atoms with Gasteiger partial charge in [-0.15, -0.1) is 0 Å². The molecule has 4 heteroatoms. The zero-order chi connectivity index (χ0) is 13.6. The molecule has 1 unspecified atom stereocenters.